The number of hydrogen-bond acceptors (Lipinski definition) is 4. The highest BCUT2D eigenvalue weighted by Gasteiger charge is 2.35. The van der Waals surface area contributed by atoms with Crippen molar-refractivity contribution in [1.29, 1.82) is 5.41 Å². The summed E-state index contributed by atoms with van der Waals surface area (Å²) in [5, 5.41) is 18.3. The maximum absolute atomic E-state index is 12.7. The molecule has 31 heavy (non-hydrogen) atoms. The summed E-state index contributed by atoms with van der Waals surface area (Å²) in [4.78, 5) is 16.9. The molecule has 2 aliphatic rings. The number of fused-ring (bicyclic) bond motifs is 2. The second-order valence-electron chi connectivity index (χ2n) is 7.45. The van der Waals surface area contributed by atoms with Crippen LogP contribution in [0.2, 0.25) is 0 Å². The van der Waals surface area contributed by atoms with Crippen LogP contribution >= 0.6 is 11.8 Å². The summed E-state index contributed by atoms with van der Waals surface area (Å²) in [7, 11) is 0. The summed E-state index contributed by atoms with van der Waals surface area (Å²) >= 11 is 1.38. The summed E-state index contributed by atoms with van der Waals surface area (Å²) < 4.78 is 2.01. The zero-order chi connectivity index (χ0) is 21.4. The molecule has 1 N–H and O–H groups in total. The molecule has 5 rings (SSSR count). The fraction of sp³-hybridized carbons (Fsp3) is 0.167. The Morgan fingerprint density at radius 2 is 1.94 bits per heavy atom. The molecule has 1 amide bonds. The average molecular weight is 428 g/mol. The van der Waals surface area contributed by atoms with Crippen molar-refractivity contribution in [2.24, 2.45) is 10.1 Å². The van der Waals surface area contributed by atoms with E-state index in [-0.39, 0.29) is 11.4 Å². The predicted octanol–water partition coefficient (Wildman–Crippen LogP) is 5.44. The Balaban J connectivity index is 1.49. The van der Waals surface area contributed by atoms with Crippen LogP contribution in [-0.2, 0) is 4.79 Å². The van der Waals surface area contributed by atoms with Crippen molar-refractivity contribution in [3.8, 4) is 5.69 Å². The van der Waals surface area contributed by atoms with Crippen LogP contribution in [0.25, 0.3) is 22.5 Å². The van der Waals surface area contributed by atoms with Crippen molar-refractivity contribution in [3.05, 3.63) is 72.1 Å². The van der Waals surface area contributed by atoms with E-state index in [1.807, 2.05) is 35.0 Å². The summed E-state index contributed by atoms with van der Waals surface area (Å²) in [6, 6.07) is 18.3. The Morgan fingerprint density at radius 3 is 2.77 bits per heavy atom. The molecular formula is C24H21N5OS. The number of benzene rings is 2. The molecule has 154 valence electrons. The first kappa shape index (κ1) is 19.5. The lowest BCUT2D eigenvalue weighted by molar-refractivity contribution is -0.114. The van der Waals surface area contributed by atoms with Crippen molar-refractivity contribution in [2.75, 3.05) is 0 Å². The van der Waals surface area contributed by atoms with Gasteiger partial charge in [0.25, 0.3) is 5.91 Å². The van der Waals surface area contributed by atoms with E-state index < -0.39 is 5.91 Å². The van der Waals surface area contributed by atoms with Gasteiger partial charge in [-0.2, -0.15) is 15.1 Å². The predicted molar refractivity (Wildman–Crippen MR) is 128 cm³/mol. The van der Waals surface area contributed by atoms with E-state index in [9.17, 15) is 4.79 Å². The average Bonchev–Trinajstić information content (AvgIpc) is 3.41. The molecule has 1 aromatic heterocycles. The minimum Gasteiger partial charge on any atom is -0.317 e. The number of rotatable bonds is 5. The van der Waals surface area contributed by atoms with Crippen molar-refractivity contribution < 1.29 is 4.79 Å². The molecule has 0 saturated heterocycles. The summed E-state index contributed by atoms with van der Waals surface area (Å²) in [5.41, 5.74) is 2.04. The number of aromatic nitrogens is 1. The minimum absolute atomic E-state index is 0.0697. The van der Waals surface area contributed by atoms with Crippen molar-refractivity contribution in [1.82, 2.24) is 9.58 Å². The Bertz CT molecular complexity index is 1300. The highest BCUT2D eigenvalue weighted by Crippen LogP contribution is 2.30. The van der Waals surface area contributed by atoms with Crippen LogP contribution in [0.15, 0.2) is 76.5 Å². The number of amidine groups is 2. The number of unbranched alkanes of at least 4 members (excludes halogenated alkanes) is 1. The molecule has 0 unspecified atom stereocenters. The van der Waals surface area contributed by atoms with Crippen LogP contribution in [0.3, 0.4) is 0 Å². The SMILES string of the molecule is CCCCC1=NN2C(=N)/C(=C/c3cccn3-c3ccc4ccccc4c3)C(=O)N=C2S1. The summed E-state index contributed by atoms with van der Waals surface area (Å²) in [6.45, 7) is 2.13. The van der Waals surface area contributed by atoms with Gasteiger partial charge in [-0.05, 0) is 65.7 Å². The van der Waals surface area contributed by atoms with Gasteiger partial charge in [0, 0.05) is 17.6 Å². The number of amides is 1. The van der Waals surface area contributed by atoms with Crippen molar-refractivity contribution in [3.63, 3.8) is 0 Å². The van der Waals surface area contributed by atoms with Crippen LogP contribution < -0.4 is 0 Å². The van der Waals surface area contributed by atoms with Crippen LogP contribution in [-0.4, -0.2) is 31.5 Å². The van der Waals surface area contributed by atoms with Crippen molar-refractivity contribution >= 4 is 50.6 Å². The number of nitrogens with zero attached hydrogens (tertiary/aromatic N) is 4. The smallest absolute Gasteiger partial charge is 0.283 e. The Kier molecular flexibility index (Phi) is 5.03. The second-order valence-corrected chi connectivity index (χ2v) is 8.49. The molecule has 6 nitrogen and oxygen atoms in total. The van der Waals surface area contributed by atoms with Crippen LogP contribution in [0.1, 0.15) is 31.9 Å². The standard InChI is InChI=1S/C24H21N5OS/c1-2-3-10-21-27-29-22(25)20(23(30)26-24(29)31-21)15-18-9-6-13-28(18)19-12-11-16-7-4-5-8-17(16)14-19/h4-9,11-15,25H,2-3,10H2,1H3/b20-15-,25-22?. The van der Waals surface area contributed by atoms with Gasteiger partial charge in [0.1, 0.15) is 5.04 Å². The molecule has 0 fully saturated rings. The largest absolute Gasteiger partial charge is 0.317 e. The van der Waals surface area contributed by atoms with Gasteiger partial charge in [-0.1, -0.05) is 43.7 Å². The van der Waals surface area contributed by atoms with Gasteiger partial charge < -0.3 is 4.57 Å². The van der Waals surface area contributed by atoms with Gasteiger partial charge in [-0.3, -0.25) is 10.2 Å². The van der Waals surface area contributed by atoms with Crippen LogP contribution in [0.5, 0.6) is 0 Å². The number of aliphatic imine (C=N–C) groups is 1. The Morgan fingerprint density at radius 1 is 1.10 bits per heavy atom. The first-order valence-corrected chi connectivity index (χ1v) is 11.1. The summed E-state index contributed by atoms with van der Waals surface area (Å²) in [5.74, 6) is -0.331. The third-order valence-corrected chi connectivity index (χ3v) is 6.29. The molecule has 3 heterocycles. The van der Waals surface area contributed by atoms with Gasteiger partial charge in [0.05, 0.1) is 5.57 Å². The number of hydrazone groups is 1. The normalized spacial score (nSPS) is 17.3. The lowest BCUT2D eigenvalue weighted by Crippen LogP contribution is -2.35. The number of nitrogens with one attached hydrogen (secondary N) is 1. The number of hydrogen-bond donors (Lipinski definition) is 1. The van der Waals surface area contributed by atoms with Crippen LogP contribution in [0.4, 0.5) is 0 Å². The third-order valence-electron chi connectivity index (χ3n) is 5.32. The molecule has 7 heteroatoms. The van der Waals surface area contributed by atoms with Gasteiger partial charge in [0.2, 0.25) is 5.17 Å². The molecule has 0 spiro atoms. The third kappa shape index (κ3) is 3.61. The van der Waals surface area contributed by atoms with Gasteiger partial charge in [0.15, 0.2) is 5.84 Å². The second kappa shape index (κ2) is 8.00. The monoisotopic (exact) mass is 427 g/mol. The quantitative estimate of drug-likeness (QED) is 0.551. The van der Waals surface area contributed by atoms with Crippen LogP contribution in [0, 0.1) is 5.41 Å². The minimum atomic E-state index is -0.401. The number of thioether (sulfide) groups is 1. The van der Waals surface area contributed by atoms with E-state index in [2.05, 4.69) is 47.3 Å². The molecular weight excluding hydrogens is 406 g/mol. The van der Waals surface area contributed by atoms with Gasteiger partial charge in [-0.25, -0.2) is 0 Å². The summed E-state index contributed by atoms with van der Waals surface area (Å²) in [6.07, 6.45) is 6.61. The first-order valence-electron chi connectivity index (χ1n) is 10.3. The number of carbonyl (C=O) groups excluding carboxylic acids is 1. The van der Waals surface area contributed by atoms with Gasteiger partial charge >= 0.3 is 0 Å². The Hall–Kier alpha value is -3.45. The molecule has 0 atom stereocenters. The molecule has 0 bridgehead atoms. The maximum Gasteiger partial charge on any atom is 0.283 e. The van der Waals surface area contributed by atoms with E-state index in [0.717, 1.165) is 41.1 Å². The molecule has 3 aromatic rings. The Labute approximate surface area is 184 Å². The molecule has 0 aliphatic carbocycles. The topological polar surface area (TPSA) is 73.8 Å². The fourth-order valence-electron chi connectivity index (χ4n) is 3.68. The lowest BCUT2D eigenvalue weighted by Gasteiger charge is -2.20. The first-order chi connectivity index (χ1) is 15.1. The molecule has 2 aromatic carbocycles. The van der Waals surface area contributed by atoms with Gasteiger partial charge in [-0.15, -0.1) is 0 Å². The highest BCUT2D eigenvalue weighted by molar-refractivity contribution is 8.26. The van der Waals surface area contributed by atoms with E-state index in [0.29, 0.717) is 5.17 Å². The maximum atomic E-state index is 12.7. The molecule has 0 radical (unpaired) electrons. The van der Waals surface area contributed by atoms with E-state index in [1.165, 1.54) is 22.2 Å². The highest BCUT2D eigenvalue weighted by atomic mass is 32.2. The fourth-order valence-corrected chi connectivity index (χ4v) is 4.61. The zero-order valence-electron chi connectivity index (χ0n) is 17.1. The van der Waals surface area contributed by atoms with E-state index in [1.54, 1.807) is 6.08 Å². The molecule has 2 aliphatic heterocycles. The lowest BCUT2D eigenvalue weighted by atomic mass is 10.1. The molecule has 0 saturated carbocycles. The number of carbonyl (C=O) groups is 1. The van der Waals surface area contributed by atoms with E-state index in [4.69, 9.17) is 5.41 Å². The van der Waals surface area contributed by atoms with Crippen molar-refractivity contribution in [2.45, 2.75) is 26.2 Å². The zero-order valence-corrected chi connectivity index (χ0v) is 17.9. The van der Waals surface area contributed by atoms with E-state index >= 15 is 0 Å².